The quantitative estimate of drug-likeness (QED) is 0.392. The molecule has 4 aliphatic carbocycles. The molecule has 0 aromatic rings. The first-order valence-corrected chi connectivity index (χ1v) is 14.1. The lowest BCUT2D eigenvalue weighted by Crippen LogP contribution is -2.57. The van der Waals surface area contributed by atoms with Crippen molar-refractivity contribution in [3.8, 4) is 0 Å². The van der Waals surface area contributed by atoms with Gasteiger partial charge in [-0.15, -0.1) is 0 Å². The number of carbonyl (C=O) groups excluding carboxylic acids is 1. The number of hydrogen-bond donors (Lipinski definition) is 3. The first-order chi connectivity index (χ1) is 16.5. The highest BCUT2D eigenvalue weighted by Gasteiger charge is 2.68. The van der Waals surface area contributed by atoms with E-state index in [0.29, 0.717) is 31.6 Å². The van der Waals surface area contributed by atoms with Crippen LogP contribution in [0.1, 0.15) is 99.8 Å². The molecule has 0 unspecified atom stereocenters. The van der Waals surface area contributed by atoms with E-state index in [-0.39, 0.29) is 22.5 Å². The molecule has 36 heavy (non-hydrogen) atoms. The normalized spacial score (nSPS) is 42.6. The predicted molar refractivity (Wildman–Crippen MR) is 141 cm³/mol. The van der Waals surface area contributed by atoms with Gasteiger partial charge in [0.1, 0.15) is 0 Å². The van der Waals surface area contributed by atoms with Gasteiger partial charge in [-0.25, -0.2) is 0 Å². The Kier molecular flexibility index (Phi) is 6.74. The van der Waals surface area contributed by atoms with E-state index in [1.807, 2.05) is 0 Å². The van der Waals surface area contributed by atoms with Crippen molar-refractivity contribution >= 4 is 11.8 Å². The zero-order chi connectivity index (χ0) is 27.0. The number of ketones is 1. The fraction of sp³-hybridized carbons (Fsp3) is 0.806. The van der Waals surface area contributed by atoms with Crippen molar-refractivity contribution in [2.45, 2.75) is 112 Å². The topological polar surface area (TPSA) is 94.8 Å². The Morgan fingerprint density at radius 1 is 1.11 bits per heavy atom. The van der Waals surface area contributed by atoms with Crippen molar-refractivity contribution in [2.24, 2.45) is 45.3 Å². The summed E-state index contributed by atoms with van der Waals surface area (Å²) in [5.74, 6) is -1.40. The minimum atomic E-state index is -0.856. The molecule has 0 amide bonds. The summed E-state index contributed by atoms with van der Waals surface area (Å²) in [6.07, 6.45) is 3.90. The molecule has 0 saturated heterocycles. The molecule has 0 radical (unpaired) electrons. The van der Waals surface area contributed by atoms with Crippen LogP contribution in [0.4, 0.5) is 0 Å². The van der Waals surface area contributed by atoms with Gasteiger partial charge in [-0.2, -0.15) is 0 Å². The van der Waals surface area contributed by atoms with Crippen LogP contribution in [0.2, 0.25) is 0 Å². The van der Waals surface area contributed by atoms with Gasteiger partial charge in [0.15, 0.2) is 5.78 Å². The number of carbonyl (C=O) groups is 2. The lowest BCUT2D eigenvalue weighted by Gasteiger charge is -2.61. The summed E-state index contributed by atoms with van der Waals surface area (Å²) in [6.45, 7) is 19.1. The third-order valence-corrected chi connectivity index (χ3v) is 11.9. The van der Waals surface area contributed by atoms with Crippen LogP contribution in [-0.4, -0.2) is 39.3 Å². The summed E-state index contributed by atoms with van der Waals surface area (Å²) in [6, 6.07) is 0. The van der Waals surface area contributed by atoms with Crippen LogP contribution in [0.15, 0.2) is 23.3 Å². The Hall–Kier alpha value is -1.46. The smallest absolute Gasteiger partial charge is 0.306 e. The third-order valence-electron chi connectivity index (χ3n) is 11.9. The van der Waals surface area contributed by atoms with Crippen LogP contribution in [-0.2, 0) is 9.59 Å². The Morgan fingerprint density at radius 2 is 1.75 bits per heavy atom. The number of rotatable bonds is 6. The third kappa shape index (κ3) is 3.70. The van der Waals surface area contributed by atoms with Gasteiger partial charge in [0.05, 0.1) is 18.1 Å². The minimum Gasteiger partial charge on any atom is -0.481 e. The number of carboxylic acids is 1. The first-order valence-electron chi connectivity index (χ1n) is 14.1. The van der Waals surface area contributed by atoms with E-state index < -0.39 is 40.8 Å². The molecule has 5 nitrogen and oxygen atoms in total. The second-order valence-electron chi connectivity index (χ2n) is 14.2. The molecule has 0 heterocycles. The molecular formula is C31H48O5. The molecule has 202 valence electrons. The van der Waals surface area contributed by atoms with Crippen LogP contribution in [0.3, 0.4) is 0 Å². The number of allylic oxidation sites excluding steroid dienone is 3. The SMILES string of the molecule is C=C(CC[C@@H](C(=O)O)[C@H]1[C@H](O)C[C@@]2(C)C3=C(CC[C@]12C)[C@@]1(C)CC[C@H](O)C(C)(C)[C@@H]1CC3=O)C(C)C. The van der Waals surface area contributed by atoms with Crippen LogP contribution in [0.5, 0.6) is 0 Å². The molecule has 3 N–H and O–H groups in total. The predicted octanol–water partition coefficient (Wildman–Crippen LogP) is 5.94. The summed E-state index contributed by atoms with van der Waals surface area (Å²) in [5, 5.41) is 32.6. The fourth-order valence-corrected chi connectivity index (χ4v) is 9.26. The molecular weight excluding hydrogens is 452 g/mol. The summed E-state index contributed by atoms with van der Waals surface area (Å²) in [4.78, 5) is 26.5. The number of aliphatic carboxylic acids is 1. The molecule has 0 aromatic carbocycles. The molecule has 0 aromatic heterocycles. The molecule has 0 spiro atoms. The van der Waals surface area contributed by atoms with Crippen LogP contribution in [0.25, 0.3) is 0 Å². The summed E-state index contributed by atoms with van der Waals surface area (Å²) in [7, 11) is 0. The first kappa shape index (κ1) is 27.6. The number of Topliss-reactive ketones (excluding diaryl/α,β-unsaturated/α-hetero) is 1. The number of fused-ring (bicyclic) bond motifs is 4. The van der Waals surface area contributed by atoms with Crippen molar-refractivity contribution < 1.29 is 24.9 Å². The van der Waals surface area contributed by atoms with E-state index in [2.05, 4.69) is 55.0 Å². The van der Waals surface area contributed by atoms with E-state index >= 15 is 0 Å². The van der Waals surface area contributed by atoms with Crippen molar-refractivity contribution in [3.63, 3.8) is 0 Å². The second kappa shape index (κ2) is 8.80. The largest absolute Gasteiger partial charge is 0.481 e. The van der Waals surface area contributed by atoms with E-state index in [4.69, 9.17) is 0 Å². The Bertz CT molecular complexity index is 991. The van der Waals surface area contributed by atoms with E-state index in [1.54, 1.807) is 0 Å². The highest BCUT2D eigenvalue weighted by atomic mass is 16.4. The lowest BCUT2D eigenvalue weighted by atomic mass is 9.43. The Balaban J connectivity index is 1.77. The van der Waals surface area contributed by atoms with E-state index in [9.17, 15) is 24.9 Å². The fourth-order valence-electron chi connectivity index (χ4n) is 9.26. The zero-order valence-corrected chi connectivity index (χ0v) is 23.5. The molecule has 2 fully saturated rings. The van der Waals surface area contributed by atoms with Crippen molar-refractivity contribution in [2.75, 3.05) is 0 Å². The van der Waals surface area contributed by atoms with Crippen molar-refractivity contribution in [1.29, 1.82) is 0 Å². The zero-order valence-electron chi connectivity index (χ0n) is 23.5. The lowest BCUT2D eigenvalue weighted by molar-refractivity contribution is -0.149. The van der Waals surface area contributed by atoms with Gasteiger partial charge in [0.25, 0.3) is 0 Å². The molecule has 4 rings (SSSR count). The Morgan fingerprint density at radius 3 is 2.33 bits per heavy atom. The average Bonchev–Trinajstić information content (AvgIpc) is 2.98. The molecule has 4 aliphatic rings. The monoisotopic (exact) mass is 500 g/mol. The molecule has 0 bridgehead atoms. The highest BCUT2D eigenvalue weighted by Crippen LogP contribution is 2.72. The summed E-state index contributed by atoms with van der Waals surface area (Å²) >= 11 is 0. The summed E-state index contributed by atoms with van der Waals surface area (Å²) in [5.41, 5.74) is 1.64. The van der Waals surface area contributed by atoms with Crippen LogP contribution < -0.4 is 0 Å². The van der Waals surface area contributed by atoms with Gasteiger partial charge in [-0.3, -0.25) is 9.59 Å². The minimum absolute atomic E-state index is 0.0869. The van der Waals surface area contributed by atoms with Gasteiger partial charge < -0.3 is 15.3 Å². The number of aliphatic hydroxyl groups is 2. The maximum Gasteiger partial charge on any atom is 0.306 e. The summed E-state index contributed by atoms with van der Waals surface area (Å²) < 4.78 is 0. The Labute approximate surface area is 217 Å². The number of aliphatic hydroxyl groups excluding tert-OH is 2. The number of hydrogen-bond acceptors (Lipinski definition) is 4. The van der Waals surface area contributed by atoms with E-state index in [1.165, 1.54) is 5.57 Å². The standard InChI is InChI=1S/C31H48O5/c1-17(2)18(3)9-10-19(27(35)36)25-22(33)16-31(8)26-20(11-14-30(25,31)7)29(6)13-12-24(34)28(4,5)23(29)15-21(26)32/h17,19,22-25,33-34H,3,9-16H2,1-2,4-8H3,(H,35,36)/t19-,22-,23+,24+,25+,29-,30-,31+/m1/s1. The van der Waals surface area contributed by atoms with Gasteiger partial charge in [0.2, 0.25) is 0 Å². The molecule has 0 aliphatic heterocycles. The van der Waals surface area contributed by atoms with Gasteiger partial charge >= 0.3 is 5.97 Å². The highest BCUT2D eigenvalue weighted by molar-refractivity contribution is 5.99. The van der Waals surface area contributed by atoms with Gasteiger partial charge in [0, 0.05) is 23.3 Å². The van der Waals surface area contributed by atoms with Gasteiger partial charge in [-0.05, 0) is 73.0 Å². The number of carboxylic acid groups (broad SMARTS) is 1. The average molecular weight is 501 g/mol. The second-order valence-corrected chi connectivity index (χ2v) is 14.2. The maximum absolute atomic E-state index is 14.0. The molecule has 5 heteroatoms. The van der Waals surface area contributed by atoms with Crippen LogP contribution >= 0.6 is 0 Å². The maximum atomic E-state index is 14.0. The molecule has 2 saturated carbocycles. The van der Waals surface area contributed by atoms with E-state index in [0.717, 1.165) is 36.8 Å². The molecule has 8 atom stereocenters. The van der Waals surface area contributed by atoms with Gasteiger partial charge in [-0.1, -0.05) is 66.2 Å². The van der Waals surface area contributed by atoms with Crippen molar-refractivity contribution in [1.82, 2.24) is 0 Å². The van der Waals surface area contributed by atoms with Crippen molar-refractivity contribution in [3.05, 3.63) is 23.3 Å². The van der Waals surface area contributed by atoms with Crippen LogP contribution in [0, 0.1) is 45.3 Å².